The lowest BCUT2D eigenvalue weighted by Gasteiger charge is -2.27. The lowest BCUT2D eigenvalue weighted by atomic mass is 9.83. The number of nitrogens with two attached hydrogens (primary N) is 1. The normalized spacial score (nSPS) is 54.4. The summed E-state index contributed by atoms with van der Waals surface area (Å²) >= 11 is 0. The van der Waals surface area contributed by atoms with E-state index in [2.05, 4.69) is 24.0 Å². The van der Waals surface area contributed by atoms with E-state index in [1.807, 2.05) is 0 Å². The standard InChI is InChI=1S/C16H26N2/c1-16-7-15(17)6-14(16)9-18(10-16)8-13-5-11-2-3-12(13)4-11/h2-3,11-15H,4-10,17H2,1H3/t11?,12?,13?,14-,15+,16+/m1/s1. The molecule has 2 nitrogen and oxygen atoms in total. The fraction of sp³-hybridized carbons (Fsp3) is 0.875. The van der Waals surface area contributed by atoms with Crippen molar-refractivity contribution in [2.45, 2.75) is 38.6 Å². The second-order valence-electron chi connectivity index (χ2n) is 7.79. The van der Waals surface area contributed by atoms with Crippen molar-refractivity contribution in [3.63, 3.8) is 0 Å². The Labute approximate surface area is 111 Å². The van der Waals surface area contributed by atoms with E-state index in [1.54, 1.807) is 0 Å². The van der Waals surface area contributed by atoms with Gasteiger partial charge in [0.15, 0.2) is 0 Å². The highest BCUT2D eigenvalue weighted by Crippen LogP contribution is 2.49. The predicted molar refractivity (Wildman–Crippen MR) is 74.1 cm³/mol. The van der Waals surface area contributed by atoms with Gasteiger partial charge in [-0.1, -0.05) is 19.1 Å². The minimum atomic E-state index is 0.479. The molecule has 4 aliphatic rings. The van der Waals surface area contributed by atoms with Crippen LogP contribution in [0.4, 0.5) is 0 Å². The average Bonchev–Trinajstić information content (AvgIpc) is 2.97. The van der Waals surface area contributed by atoms with Gasteiger partial charge in [0.2, 0.25) is 0 Å². The third-order valence-electron chi connectivity index (χ3n) is 6.27. The smallest absolute Gasteiger partial charge is 0.00479 e. The number of nitrogens with zero attached hydrogens (tertiary/aromatic N) is 1. The van der Waals surface area contributed by atoms with Crippen molar-refractivity contribution in [2.75, 3.05) is 19.6 Å². The monoisotopic (exact) mass is 246 g/mol. The van der Waals surface area contributed by atoms with Crippen molar-refractivity contribution < 1.29 is 0 Å². The zero-order chi connectivity index (χ0) is 12.3. The van der Waals surface area contributed by atoms with Crippen LogP contribution in [0.2, 0.25) is 0 Å². The summed E-state index contributed by atoms with van der Waals surface area (Å²) in [5.41, 5.74) is 6.68. The third-order valence-corrected chi connectivity index (χ3v) is 6.27. The molecule has 2 N–H and O–H groups in total. The molecule has 6 atom stereocenters. The van der Waals surface area contributed by atoms with Crippen molar-refractivity contribution in [2.24, 2.45) is 34.8 Å². The number of hydrogen-bond donors (Lipinski definition) is 1. The first-order valence-corrected chi connectivity index (χ1v) is 7.79. The van der Waals surface area contributed by atoms with Gasteiger partial charge in [0, 0.05) is 25.7 Å². The van der Waals surface area contributed by atoms with Crippen LogP contribution in [-0.4, -0.2) is 30.6 Å². The Bertz CT molecular complexity index is 377. The molecule has 0 radical (unpaired) electrons. The molecule has 1 aliphatic heterocycles. The number of hydrogen-bond acceptors (Lipinski definition) is 2. The van der Waals surface area contributed by atoms with Gasteiger partial charge in [-0.2, -0.15) is 0 Å². The summed E-state index contributed by atoms with van der Waals surface area (Å²) in [4.78, 5) is 2.76. The Balaban J connectivity index is 1.39. The summed E-state index contributed by atoms with van der Waals surface area (Å²) in [6.07, 6.45) is 10.4. The molecule has 18 heavy (non-hydrogen) atoms. The highest BCUT2D eigenvalue weighted by atomic mass is 15.2. The number of allylic oxidation sites excluding steroid dienone is 2. The molecule has 0 aromatic carbocycles. The van der Waals surface area contributed by atoms with Crippen molar-refractivity contribution in [3.05, 3.63) is 12.2 Å². The van der Waals surface area contributed by atoms with Gasteiger partial charge in [0.1, 0.15) is 0 Å². The topological polar surface area (TPSA) is 29.3 Å². The molecule has 1 heterocycles. The molecule has 3 fully saturated rings. The summed E-state index contributed by atoms with van der Waals surface area (Å²) in [6.45, 7) is 6.46. The van der Waals surface area contributed by atoms with Crippen LogP contribution in [0.15, 0.2) is 12.2 Å². The predicted octanol–water partition coefficient (Wildman–Crippen LogP) is 2.26. The van der Waals surface area contributed by atoms with E-state index >= 15 is 0 Å². The minimum Gasteiger partial charge on any atom is -0.328 e. The highest BCUT2D eigenvalue weighted by Gasteiger charge is 2.49. The van der Waals surface area contributed by atoms with Gasteiger partial charge in [-0.15, -0.1) is 0 Å². The fourth-order valence-electron chi connectivity index (χ4n) is 5.45. The van der Waals surface area contributed by atoms with Gasteiger partial charge < -0.3 is 10.6 Å². The Morgan fingerprint density at radius 3 is 2.83 bits per heavy atom. The van der Waals surface area contributed by atoms with Crippen LogP contribution in [0.25, 0.3) is 0 Å². The molecule has 4 rings (SSSR count). The molecule has 100 valence electrons. The molecular formula is C16H26N2. The van der Waals surface area contributed by atoms with E-state index in [1.165, 1.54) is 45.3 Å². The first kappa shape index (κ1) is 11.5. The van der Waals surface area contributed by atoms with Gasteiger partial charge >= 0.3 is 0 Å². The van der Waals surface area contributed by atoms with Gasteiger partial charge in [0.25, 0.3) is 0 Å². The lowest BCUT2D eigenvalue weighted by Crippen LogP contribution is -2.33. The molecule has 2 bridgehead atoms. The molecule has 2 heteroatoms. The van der Waals surface area contributed by atoms with Crippen molar-refractivity contribution in [1.82, 2.24) is 4.90 Å². The van der Waals surface area contributed by atoms with Crippen LogP contribution in [0.5, 0.6) is 0 Å². The number of fused-ring (bicyclic) bond motifs is 3. The van der Waals surface area contributed by atoms with Crippen molar-refractivity contribution in [3.8, 4) is 0 Å². The first-order chi connectivity index (χ1) is 8.62. The molecule has 1 saturated heterocycles. The first-order valence-electron chi connectivity index (χ1n) is 7.79. The fourth-order valence-corrected chi connectivity index (χ4v) is 5.45. The third kappa shape index (κ3) is 1.69. The lowest BCUT2D eigenvalue weighted by molar-refractivity contribution is 0.219. The maximum Gasteiger partial charge on any atom is 0.00479 e. The molecule has 0 spiro atoms. The number of rotatable bonds is 2. The Morgan fingerprint density at radius 1 is 1.28 bits per heavy atom. The molecule has 3 aliphatic carbocycles. The van der Waals surface area contributed by atoms with E-state index in [0.29, 0.717) is 11.5 Å². The van der Waals surface area contributed by atoms with Gasteiger partial charge in [-0.3, -0.25) is 0 Å². The molecule has 0 aromatic rings. The highest BCUT2D eigenvalue weighted by molar-refractivity contribution is 5.11. The van der Waals surface area contributed by atoms with E-state index < -0.39 is 0 Å². The Morgan fingerprint density at radius 2 is 2.17 bits per heavy atom. The Hall–Kier alpha value is -0.340. The molecule has 0 aromatic heterocycles. The summed E-state index contributed by atoms with van der Waals surface area (Å²) < 4.78 is 0. The Kier molecular flexibility index (Phi) is 2.44. The second-order valence-corrected chi connectivity index (χ2v) is 7.79. The summed E-state index contributed by atoms with van der Waals surface area (Å²) in [7, 11) is 0. The minimum absolute atomic E-state index is 0.479. The van der Waals surface area contributed by atoms with Crippen LogP contribution in [-0.2, 0) is 0 Å². The SMILES string of the molecule is C[C@@]12C[C@@H](N)C[C@@H]1CN(CC1CC3C=CC1C3)C2. The summed E-state index contributed by atoms with van der Waals surface area (Å²) in [5, 5.41) is 0. The van der Waals surface area contributed by atoms with Crippen molar-refractivity contribution in [1.29, 1.82) is 0 Å². The maximum atomic E-state index is 6.14. The van der Waals surface area contributed by atoms with E-state index in [-0.39, 0.29) is 0 Å². The van der Waals surface area contributed by atoms with Gasteiger partial charge in [0.05, 0.1) is 0 Å². The van der Waals surface area contributed by atoms with E-state index in [0.717, 1.165) is 23.7 Å². The molecular weight excluding hydrogens is 220 g/mol. The van der Waals surface area contributed by atoms with Crippen LogP contribution >= 0.6 is 0 Å². The molecule has 3 unspecified atom stereocenters. The molecule has 0 amide bonds. The van der Waals surface area contributed by atoms with E-state index in [4.69, 9.17) is 5.73 Å². The van der Waals surface area contributed by atoms with Crippen LogP contribution < -0.4 is 5.73 Å². The van der Waals surface area contributed by atoms with E-state index in [9.17, 15) is 0 Å². The summed E-state index contributed by atoms with van der Waals surface area (Å²) in [5.74, 6) is 3.66. The zero-order valence-electron chi connectivity index (χ0n) is 11.5. The largest absolute Gasteiger partial charge is 0.328 e. The maximum absolute atomic E-state index is 6.14. The van der Waals surface area contributed by atoms with Gasteiger partial charge in [-0.25, -0.2) is 0 Å². The molecule has 2 saturated carbocycles. The van der Waals surface area contributed by atoms with Crippen LogP contribution in [0.1, 0.15) is 32.6 Å². The average molecular weight is 246 g/mol. The van der Waals surface area contributed by atoms with Crippen LogP contribution in [0.3, 0.4) is 0 Å². The number of likely N-dealkylation sites (tertiary alicyclic amines) is 1. The second kappa shape index (κ2) is 3.83. The zero-order valence-corrected chi connectivity index (χ0v) is 11.5. The quantitative estimate of drug-likeness (QED) is 0.757. The van der Waals surface area contributed by atoms with Gasteiger partial charge in [-0.05, 0) is 54.8 Å². The van der Waals surface area contributed by atoms with Crippen molar-refractivity contribution >= 4 is 0 Å². The van der Waals surface area contributed by atoms with Crippen LogP contribution in [0, 0.1) is 29.1 Å². The summed E-state index contributed by atoms with van der Waals surface area (Å²) in [6, 6.07) is 0.479.